The zero-order chi connectivity index (χ0) is 12.8. The highest BCUT2D eigenvalue weighted by Crippen LogP contribution is 2.11. The summed E-state index contributed by atoms with van der Waals surface area (Å²) in [5.74, 6) is 0.984. The number of aromatic nitrogens is 2. The Bertz CT molecular complexity index is 385. The molecule has 0 spiro atoms. The first-order chi connectivity index (χ1) is 8.79. The Morgan fingerprint density at radius 3 is 3.00 bits per heavy atom. The molecule has 1 amide bonds. The average Bonchev–Trinajstić information content (AvgIpc) is 2.65. The van der Waals surface area contributed by atoms with Gasteiger partial charge in [0.05, 0.1) is 19.8 Å². The summed E-state index contributed by atoms with van der Waals surface area (Å²) in [7, 11) is 0. The van der Waals surface area contributed by atoms with Crippen molar-refractivity contribution in [2.75, 3.05) is 32.8 Å². The molecular weight excluding hydrogens is 232 g/mol. The number of ether oxygens (including phenoxy) is 1. The highest BCUT2D eigenvalue weighted by atomic mass is 16.5. The maximum Gasteiger partial charge on any atom is 0.236 e. The quantitative estimate of drug-likeness (QED) is 0.778. The summed E-state index contributed by atoms with van der Waals surface area (Å²) in [5.41, 5.74) is 5.40. The minimum atomic E-state index is -0.0283. The summed E-state index contributed by atoms with van der Waals surface area (Å²) >= 11 is 0. The second-order valence-corrected chi connectivity index (χ2v) is 4.35. The first-order valence-corrected chi connectivity index (χ1v) is 6.11. The molecule has 0 saturated carbocycles. The highest BCUT2D eigenvalue weighted by Gasteiger charge is 2.22. The van der Waals surface area contributed by atoms with Crippen LogP contribution in [0.5, 0.6) is 0 Å². The van der Waals surface area contributed by atoms with Crippen molar-refractivity contribution in [2.45, 2.75) is 6.42 Å². The second kappa shape index (κ2) is 6.42. The standard InChI is InChI=1S/C12H18N4O2/c13-7-12(17)16-4-5-18-9-10(8-16)6-11-14-2-1-3-15-11/h1-3,10H,4-9,13H2/t10-/m0/s1. The van der Waals surface area contributed by atoms with Gasteiger partial charge in [-0.3, -0.25) is 4.79 Å². The SMILES string of the molecule is NCC(=O)N1CCOC[C@@H](Cc2ncccn2)C1. The van der Waals surface area contributed by atoms with Gasteiger partial charge in [0, 0.05) is 37.8 Å². The van der Waals surface area contributed by atoms with Crippen LogP contribution >= 0.6 is 0 Å². The van der Waals surface area contributed by atoms with E-state index in [9.17, 15) is 4.79 Å². The van der Waals surface area contributed by atoms with Gasteiger partial charge in [-0.05, 0) is 6.07 Å². The summed E-state index contributed by atoms with van der Waals surface area (Å²) < 4.78 is 5.51. The topological polar surface area (TPSA) is 81.3 Å². The van der Waals surface area contributed by atoms with Crippen molar-refractivity contribution < 1.29 is 9.53 Å². The lowest BCUT2D eigenvalue weighted by Crippen LogP contribution is -2.40. The van der Waals surface area contributed by atoms with E-state index in [0.29, 0.717) is 26.3 Å². The Labute approximate surface area is 106 Å². The Morgan fingerprint density at radius 2 is 2.28 bits per heavy atom. The number of carbonyl (C=O) groups is 1. The van der Waals surface area contributed by atoms with E-state index < -0.39 is 0 Å². The average molecular weight is 250 g/mol. The molecule has 0 radical (unpaired) electrons. The zero-order valence-electron chi connectivity index (χ0n) is 10.3. The normalized spacial score (nSPS) is 20.5. The molecule has 1 aromatic rings. The van der Waals surface area contributed by atoms with Gasteiger partial charge in [-0.2, -0.15) is 0 Å². The third kappa shape index (κ3) is 3.48. The van der Waals surface area contributed by atoms with E-state index in [4.69, 9.17) is 10.5 Å². The van der Waals surface area contributed by atoms with Crippen LogP contribution < -0.4 is 5.73 Å². The van der Waals surface area contributed by atoms with Crippen molar-refractivity contribution in [1.29, 1.82) is 0 Å². The highest BCUT2D eigenvalue weighted by molar-refractivity contribution is 5.78. The molecule has 98 valence electrons. The Morgan fingerprint density at radius 1 is 1.50 bits per heavy atom. The molecule has 2 heterocycles. The van der Waals surface area contributed by atoms with Gasteiger partial charge in [-0.1, -0.05) is 0 Å². The lowest BCUT2D eigenvalue weighted by Gasteiger charge is -2.22. The van der Waals surface area contributed by atoms with Gasteiger partial charge in [0.25, 0.3) is 0 Å². The third-order valence-corrected chi connectivity index (χ3v) is 2.96. The fraction of sp³-hybridized carbons (Fsp3) is 0.583. The van der Waals surface area contributed by atoms with Crippen molar-refractivity contribution in [3.63, 3.8) is 0 Å². The molecule has 6 nitrogen and oxygen atoms in total. The molecule has 0 aliphatic carbocycles. The van der Waals surface area contributed by atoms with Crippen molar-refractivity contribution >= 4 is 5.91 Å². The summed E-state index contributed by atoms with van der Waals surface area (Å²) in [4.78, 5) is 21.8. The Hall–Kier alpha value is -1.53. The van der Waals surface area contributed by atoms with Crippen LogP contribution in [0.4, 0.5) is 0 Å². The first kappa shape index (κ1) is 12.9. The van der Waals surface area contributed by atoms with Crippen molar-refractivity contribution in [3.05, 3.63) is 24.3 Å². The molecule has 0 unspecified atom stereocenters. The summed E-state index contributed by atoms with van der Waals surface area (Å²) in [6, 6.07) is 1.79. The molecular formula is C12H18N4O2. The third-order valence-electron chi connectivity index (χ3n) is 2.96. The molecule has 1 aromatic heterocycles. The molecule has 0 aromatic carbocycles. The van der Waals surface area contributed by atoms with Crippen LogP contribution in [0.25, 0.3) is 0 Å². The van der Waals surface area contributed by atoms with Crippen molar-refractivity contribution in [2.24, 2.45) is 11.7 Å². The molecule has 1 fully saturated rings. The molecule has 18 heavy (non-hydrogen) atoms. The van der Waals surface area contributed by atoms with E-state index in [1.165, 1.54) is 0 Å². The maximum atomic E-state index is 11.6. The van der Waals surface area contributed by atoms with E-state index in [1.54, 1.807) is 23.4 Å². The number of hydrogen-bond acceptors (Lipinski definition) is 5. The minimum Gasteiger partial charge on any atom is -0.379 e. The van der Waals surface area contributed by atoms with Gasteiger partial charge in [0.2, 0.25) is 5.91 Å². The largest absolute Gasteiger partial charge is 0.379 e. The Balaban J connectivity index is 1.97. The molecule has 1 aliphatic heterocycles. The first-order valence-electron chi connectivity index (χ1n) is 6.11. The molecule has 2 rings (SSSR count). The van der Waals surface area contributed by atoms with Crippen molar-refractivity contribution in [3.8, 4) is 0 Å². The lowest BCUT2D eigenvalue weighted by atomic mass is 10.1. The van der Waals surface area contributed by atoms with Crippen LogP contribution in [0.15, 0.2) is 18.5 Å². The number of carbonyl (C=O) groups excluding carboxylic acids is 1. The number of rotatable bonds is 3. The van der Waals surface area contributed by atoms with Crippen molar-refractivity contribution in [1.82, 2.24) is 14.9 Å². The fourth-order valence-corrected chi connectivity index (χ4v) is 2.05. The zero-order valence-corrected chi connectivity index (χ0v) is 10.3. The van der Waals surface area contributed by atoms with E-state index in [2.05, 4.69) is 9.97 Å². The summed E-state index contributed by atoms with van der Waals surface area (Å²) in [6.07, 6.45) is 4.17. The van der Waals surface area contributed by atoms with Crippen LogP contribution in [0.2, 0.25) is 0 Å². The van der Waals surface area contributed by atoms with E-state index >= 15 is 0 Å². The molecule has 1 saturated heterocycles. The van der Waals surface area contributed by atoms with Crippen LogP contribution in [0, 0.1) is 5.92 Å². The van der Waals surface area contributed by atoms with Crippen LogP contribution in [0.1, 0.15) is 5.82 Å². The van der Waals surface area contributed by atoms with E-state index in [0.717, 1.165) is 12.2 Å². The van der Waals surface area contributed by atoms with Crippen LogP contribution in [-0.2, 0) is 16.0 Å². The van der Waals surface area contributed by atoms with Gasteiger partial charge in [0.15, 0.2) is 0 Å². The monoisotopic (exact) mass is 250 g/mol. The molecule has 2 N–H and O–H groups in total. The number of amides is 1. The number of hydrogen-bond donors (Lipinski definition) is 1. The summed E-state index contributed by atoms with van der Waals surface area (Å²) in [5, 5.41) is 0. The van der Waals surface area contributed by atoms with Crippen LogP contribution in [0.3, 0.4) is 0 Å². The summed E-state index contributed by atoms with van der Waals surface area (Å²) in [6.45, 7) is 2.52. The molecule has 6 heteroatoms. The Kier molecular flexibility index (Phi) is 4.60. The molecule has 0 bridgehead atoms. The second-order valence-electron chi connectivity index (χ2n) is 4.35. The fourth-order valence-electron chi connectivity index (χ4n) is 2.05. The van der Waals surface area contributed by atoms with Gasteiger partial charge >= 0.3 is 0 Å². The number of nitrogens with zero attached hydrogens (tertiary/aromatic N) is 3. The predicted molar refractivity (Wildman–Crippen MR) is 65.7 cm³/mol. The van der Waals surface area contributed by atoms with E-state index in [-0.39, 0.29) is 18.4 Å². The van der Waals surface area contributed by atoms with Gasteiger partial charge < -0.3 is 15.4 Å². The lowest BCUT2D eigenvalue weighted by molar-refractivity contribution is -0.130. The smallest absolute Gasteiger partial charge is 0.236 e. The van der Waals surface area contributed by atoms with Crippen LogP contribution in [-0.4, -0.2) is 53.6 Å². The molecule has 1 atom stereocenters. The maximum absolute atomic E-state index is 11.6. The predicted octanol–water partition coefficient (Wildman–Crippen LogP) is -0.547. The molecule has 1 aliphatic rings. The number of nitrogens with two attached hydrogens (primary N) is 1. The minimum absolute atomic E-state index is 0.0283. The van der Waals surface area contributed by atoms with E-state index in [1.807, 2.05) is 0 Å². The van der Waals surface area contributed by atoms with Gasteiger partial charge in [-0.25, -0.2) is 9.97 Å². The van der Waals surface area contributed by atoms with Gasteiger partial charge in [-0.15, -0.1) is 0 Å². The van der Waals surface area contributed by atoms with Gasteiger partial charge in [0.1, 0.15) is 5.82 Å².